The predicted molar refractivity (Wildman–Crippen MR) is 159 cm³/mol. The minimum Gasteiger partial charge on any atom is -0.490 e. The van der Waals surface area contributed by atoms with Crippen molar-refractivity contribution in [2.24, 2.45) is 5.10 Å². The number of nitrogens with one attached hydrogen (secondary N) is 3. The Bertz CT molecular complexity index is 1630. The fourth-order valence-electron chi connectivity index (χ4n) is 4.56. The molecule has 0 bridgehead atoms. The number of aliphatic hydroxyl groups excluding tert-OH is 1. The Labute approximate surface area is 252 Å². The Morgan fingerprint density at radius 3 is 2.66 bits per heavy atom. The first-order chi connectivity index (χ1) is 21.0. The molecule has 0 radical (unpaired) electrons. The molecule has 0 saturated heterocycles. The van der Waals surface area contributed by atoms with E-state index in [4.69, 9.17) is 18.6 Å². The number of amides is 2. The van der Waals surface area contributed by atoms with Crippen molar-refractivity contribution in [3.63, 3.8) is 0 Å². The lowest BCUT2D eigenvalue weighted by Gasteiger charge is -2.28. The zero-order chi connectivity index (χ0) is 32.0. The van der Waals surface area contributed by atoms with Crippen LogP contribution in [-0.2, 0) is 9.53 Å². The van der Waals surface area contributed by atoms with Crippen LogP contribution >= 0.6 is 0 Å². The minimum atomic E-state index is -1.21. The second kappa shape index (κ2) is 13.7. The van der Waals surface area contributed by atoms with Gasteiger partial charge in [-0.2, -0.15) is 5.10 Å². The highest BCUT2D eigenvalue weighted by molar-refractivity contribution is 5.95. The molecule has 14 heteroatoms. The van der Waals surface area contributed by atoms with Gasteiger partial charge in [-0.25, -0.2) is 9.59 Å². The van der Waals surface area contributed by atoms with Gasteiger partial charge in [0.25, 0.3) is 5.69 Å². The maximum Gasteiger partial charge on any atom is 0.337 e. The lowest BCUT2D eigenvalue weighted by molar-refractivity contribution is -0.385. The van der Waals surface area contributed by atoms with E-state index in [-0.39, 0.29) is 17.9 Å². The first-order valence-corrected chi connectivity index (χ1v) is 13.6. The number of nitro benzene ring substituents is 1. The molecule has 44 heavy (non-hydrogen) atoms. The van der Waals surface area contributed by atoms with Crippen molar-refractivity contribution in [3.8, 4) is 22.8 Å². The number of urea groups is 1. The number of carbonyl (C=O) groups excluding carboxylic acids is 2. The molecule has 3 aromatic rings. The lowest BCUT2D eigenvalue weighted by Crippen LogP contribution is -2.45. The number of nitro groups is 1. The van der Waals surface area contributed by atoms with Gasteiger partial charge in [-0.05, 0) is 69.2 Å². The highest BCUT2D eigenvalue weighted by atomic mass is 16.6. The Morgan fingerprint density at radius 1 is 1.18 bits per heavy atom. The molecule has 0 fully saturated rings. The van der Waals surface area contributed by atoms with Crippen LogP contribution in [0.4, 0.5) is 10.5 Å². The number of furan rings is 1. The van der Waals surface area contributed by atoms with Gasteiger partial charge in [0, 0.05) is 22.9 Å². The van der Waals surface area contributed by atoms with Crippen LogP contribution in [0.1, 0.15) is 42.3 Å². The Balaban J connectivity index is 1.40. The van der Waals surface area contributed by atoms with Gasteiger partial charge < -0.3 is 34.4 Å². The van der Waals surface area contributed by atoms with Crippen molar-refractivity contribution in [1.29, 1.82) is 0 Å². The lowest BCUT2D eigenvalue weighted by atomic mass is 9.95. The zero-order valence-corrected chi connectivity index (χ0v) is 24.8. The van der Waals surface area contributed by atoms with Crippen molar-refractivity contribution in [2.75, 3.05) is 20.3 Å². The van der Waals surface area contributed by atoms with E-state index in [1.165, 1.54) is 19.4 Å². The van der Waals surface area contributed by atoms with Crippen molar-refractivity contribution >= 4 is 23.9 Å². The quantitative estimate of drug-likeness (QED) is 0.0771. The molecule has 2 aromatic carbocycles. The third-order valence-corrected chi connectivity index (χ3v) is 6.84. The zero-order valence-electron chi connectivity index (χ0n) is 24.8. The Kier molecular flexibility index (Phi) is 9.85. The van der Waals surface area contributed by atoms with Crippen molar-refractivity contribution in [2.45, 2.75) is 40.0 Å². The van der Waals surface area contributed by atoms with Crippen molar-refractivity contribution in [3.05, 3.63) is 86.3 Å². The molecule has 0 saturated carbocycles. The number of esters is 1. The highest BCUT2D eigenvalue weighted by Crippen LogP contribution is 2.35. The standard InChI is InChI=1S/C30H33N5O9/c1-6-42-25-13-19(28-27(29(37)41-5)18(4)32-30(38)33-28)7-9-24(25)43-15-26(36)34-31-14-21-8-10-23(44-21)20-11-16(2)17(3)22(12-20)35(39)40/h7-14,26,28,34,36H,6,15H2,1-5H3,(H2,32,33,38)/b31-14+/t26-,28-/m1/s1. The van der Waals surface area contributed by atoms with E-state index in [0.717, 1.165) is 5.56 Å². The van der Waals surface area contributed by atoms with E-state index >= 15 is 0 Å². The van der Waals surface area contributed by atoms with Gasteiger partial charge in [-0.1, -0.05) is 6.07 Å². The predicted octanol–water partition coefficient (Wildman–Crippen LogP) is 3.99. The summed E-state index contributed by atoms with van der Waals surface area (Å²) in [5.41, 5.74) is 5.65. The molecule has 232 valence electrons. The number of allylic oxidation sites excluding steroid dienone is 1. The van der Waals surface area contributed by atoms with Gasteiger partial charge in [0.05, 0.1) is 36.5 Å². The average Bonchev–Trinajstić information content (AvgIpc) is 3.46. The van der Waals surface area contributed by atoms with Gasteiger partial charge >= 0.3 is 12.0 Å². The third kappa shape index (κ3) is 7.15. The number of nitrogens with zero attached hydrogens (tertiary/aromatic N) is 2. The number of hydrazone groups is 1. The SMILES string of the molecule is CCOc1cc([C@H]2NC(=O)NC(C)=C2C(=O)OC)ccc1OC[C@@H](O)N/N=C/c1ccc(-c2cc(C)c(C)c([N+](=O)[O-])c2)o1. The molecular formula is C30H33N5O9. The summed E-state index contributed by atoms with van der Waals surface area (Å²) in [6, 6.07) is 10.3. The Morgan fingerprint density at radius 2 is 1.95 bits per heavy atom. The highest BCUT2D eigenvalue weighted by Gasteiger charge is 2.32. The summed E-state index contributed by atoms with van der Waals surface area (Å²) in [6.45, 7) is 6.99. The molecule has 0 aliphatic carbocycles. The molecule has 4 N–H and O–H groups in total. The fraction of sp³-hybridized carbons (Fsp3) is 0.300. The molecule has 1 aliphatic rings. The number of carbonyl (C=O) groups is 2. The maximum absolute atomic E-state index is 12.4. The molecule has 4 rings (SSSR count). The second-order valence-corrected chi connectivity index (χ2v) is 9.81. The number of rotatable bonds is 12. The van der Waals surface area contributed by atoms with Gasteiger partial charge in [-0.15, -0.1) is 0 Å². The van der Waals surface area contributed by atoms with E-state index in [1.807, 2.05) is 6.07 Å². The topological polar surface area (TPSA) is 187 Å². The molecule has 1 aromatic heterocycles. The first-order valence-electron chi connectivity index (χ1n) is 13.6. The summed E-state index contributed by atoms with van der Waals surface area (Å²) in [5, 5.41) is 31.0. The van der Waals surface area contributed by atoms with Crippen LogP contribution in [0.5, 0.6) is 11.5 Å². The van der Waals surface area contributed by atoms with Crippen LogP contribution < -0.4 is 25.5 Å². The van der Waals surface area contributed by atoms with Crippen LogP contribution in [0, 0.1) is 24.0 Å². The number of hydrogen-bond donors (Lipinski definition) is 4. The van der Waals surface area contributed by atoms with E-state index < -0.39 is 29.2 Å². The smallest absolute Gasteiger partial charge is 0.337 e. The van der Waals surface area contributed by atoms with E-state index in [9.17, 15) is 24.8 Å². The van der Waals surface area contributed by atoms with Crippen LogP contribution in [0.3, 0.4) is 0 Å². The molecule has 2 atom stereocenters. The minimum absolute atomic E-state index is 0.00877. The second-order valence-electron chi connectivity index (χ2n) is 9.81. The van der Waals surface area contributed by atoms with Crippen LogP contribution in [0.25, 0.3) is 11.3 Å². The number of hydrogen-bond acceptors (Lipinski definition) is 11. The third-order valence-electron chi connectivity index (χ3n) is 6.84. The number of methoxy groups -OCH3 is 1. The van der Waals surface area contributed by atoms with Crippen molar-refractivity contribution < 1.29 is 38.2 Å². The number of aliphatic hydroxyl groups is 1. The van der Waals surface area contributed by atoms with Crippen LogP contribution in [0.2, 0.25) is 0 Å². The van der Waals surface area contributed by atoms with Gasteiger partial charge in [0.1, 0.15) is 18.1 Å². The summed E-state index contributed by atoms with van der Waals surface area (Å²) >= 11 is 0. The van der Waals surface area contributed by atoms with E-state index in [2.05, 4.69) is 21.2 Å². The van der Waals surface area contributed by atoms with Crippen LogP contribution in [0.15, 0.2) is 63.3 Å². The van der Waals surface area contributed by atoms with E-state index in [0.29, 0.717) is 52.0 Å². The molecular weight excluding hydrogens is 574 g/mol. The van der Waals surface area contributed by atoms with Crippen molar-refractivity contribution in [1.82, 2.24) is 16.1 Å². The summed E-state index contributed by atoms with van der Waals surface area (Å²) in [7, 11) is 1.26. The first kappa shape index (κ1) is 31.6. The number of benzene rings is 2. The van der Waals surface area contributed by atoms with Crippen LogP contribution in [-0.4, -0.2) is 54.8 Å². The summed E-state index contributed by atoms with van der Waals surface area (Å²) in [6.07, 6.45) is 0.141. The molecule has 0 unspecified atom stereocenters. The van der Waals surface area contributed by atoms with Gasteiger partial charge in [-0.3, -0.25) is 15.5 Å². The fourth-order valence-corrected chi connectivity index (χ4v) is 4.56. The average molecular weight is 608 g/mol. The largest absolute Gasteiger partial charge is 0.490 e. The Hall–Kier alpha value is -5.37. The summed E-state index contributed by atoms with van der Waals surface area (Å²) in [4.78, 5) is 35.5. The normalized spacial score (nSPS) is 15.4. The number of aryl methyl sites for hydroxylation is 1. The van der Waals surface area contributed by atoms with Gasteiger partial charge in [0.2, 0.25) is 0 Å². The molecule has 1 aliphatic heterocycles. The summed E-state index contributed by atoms with van der Waals surface area (Å²) < 4.78 is 22.1. The number of ether oxygens (including phenoxy) is 3. The molecule has 2 amide bonds. The van der Waals surface area contributed by atoms with E-state index in [1.54, 1.807) is 58.0 Å². The maximum atomic E-state index is 12.4. The molecule has 14 nitrogen and oxygen atoms in total. The molecule has 2 heterocycles. The molecule has 0 spiro atoms. The monoisotopic (exact) mass is 607 g/mol. The van der Waals surface area contributed by atoms with Gasteiger partial charge in [0.15, 0.2) is 17.7 Å². The summed E-state index contributed by atoms with van der Waals surface area (Å²) in [5.74, 6) is 0.857.